The first-order chi connectivity index (χ1) is 8.91. The number of benzene rings is 2. The Morgan fingerprint density at radius 1 is 0.842 bits per heavy atom. The van der Waals surface area contributed by atoms with Crippen molar-refractivity contribution in [2.24, 2.45) is 0 Å². The lowest BCUT2D eigenvalue weighted by molar-refractivity contribution is 0.103. The van der Waals surface area contributed by atoms with Crippen molar-refractivity contribution < 1.29 is 25.2 Å². The third-order valence-electron chi connectivity index (χ3n) is 2.77. The van der Waals surface area contributed by atoms with E-state index < -0.39 is 23.0 Å². The highest BCUT2D eigenvalue weighted by Crippen LogP contribution is 2.38. The molecular formula is C14H12O5. The maximum atomic E-state index is 12.2. The molecule has 0 aliphatic carbocycles. The number of hydrogen-bond donors (Lipinski definition) is 4. The highest BCUT2D eigenvalue weighted by atomic mass is 16.3. The van der Waals surface area contributed by atoms with Gasteiger partial charge in [0, 0.05) is 0 Å². The van der Waals surface area contributed by atoms with Crippen LogP contribution in [0.3, 0.4) is 0 Å². The minimum absolute atomic E-state index is 0.0142. The normalized spacial score (nSPS) is 10.4. The quantitative estimate of drug-likeness (QED) is 0.489. The molecule has 0 heterocycles. The van der Waals surface area contributed by atoms with Gasteiger partial charge in [0.25, 0.3) is 0 Å². The third-order valence-corrected chi connectivity index (χ3v) is 2.77. The van der Waals surface area contributed by atoms with Crippen molar-refractivity contribution in [2.75, 3.05) is 0 Å². The molecule has 19 heavy (non-hydrogen) atoms. The van der Waals surface area contributed by atoms with Crippen molar-refractivity contribution in [3.05, 3.63) is 47.0 Å². The second kappa shape index (κ2) is 4.53. The van der Waals surface area contributed by atoms with E-state index >= 15 is 0 Å². The second-order valence-corrected chi connectivity index (χ2v) is 4.18. The van der Waals surface area contributed by atoms with Crippen LogP contribution in [0.15, 0.2) is 30.3 Å². The Balaban J connectivity index is 2.56. The summed E-state index contributed by atoms with van der Waals surface area (Å²) in [6, 6.07) is 6.75. The molecule has 0 aliphatic heterocycles. The lowest BCUT2D eigenvalue weighted by Crippen LogP contribution is -2.02. The number of hydrogen-bond acceptors (Lipinski definition) is 5. The summed E-state index contributed by atoms with van der Waals surface area (Å²) in [7, 11) is 0. The molecule has 0 aliphatic rings. The largest absolute Gasteiger partial charge is 0.507 e. The highest BCUT2D eigenvalue weighted by Gasteiger charge is 2.20. The molecule has 2 aromatic carbocycles. The van der Waals surface area contributed by atoms with Gasteiger partial charge in [-0.05, 0) is 31.2 Å². The number of rotatable bonds is 2. The summed E-state index contributed by atoms with van der Waals surface area (Å²) in [4.78, 5) is 12.2. The van der Waals surface area contributed by atoms with Gasteiger partial charge < -0.3 is 20.4 Å². The van der Waals surface area contributed by atoms with Crippen LogP contribution in [0.5, 0.6) is 23.0 Å². The number of carbonyl (C=O) groups is 1. The van der Waals surface area contributed by atoms with Crippen molar-refractivity contribution in [3.8, 4) is 23.0 Å². The summed E-state index contributed by atoms with van der Waals surface area (Å²) in [6.45, 7) is 1.75. The van der Waals surface area contributed by atoms with Crippen LogP contribution in [0.25, 0.3) is 0 Å². The van der Waals surface area contributed by atoms with Crippen molar-refractivity contribution in [1.82, 2.24) is 0 Å². The number of ketones is 1. The average Bonchev–Trinajstić information content (AvgIpc) is 2.38. The molecule has 4 N–H and O–H groups in total. The minimum Gasteiger partial charge on any atom is -0.507 e. The van der Waals surface area contributed by atoms with E-state index in [9.17, 15) is 25.2 Å². The lowest BCUT2D eigenvalue weighted by Gasteiger charge is -2.08. The maximum Gasteiger partial charge on any atom is 0.201 e. The third kappa shape index (κ3) is 2.18. The van der Waals surface area contributed by atoms with Crippen LogP contribution in [0.4, 0.5) is 0 Å². The van der Waals surface area contributed by atoms with Crippen molar-refractivity contribution >= 4 is 5.78 Å². The Kier molecular flexibility index (Phi) is 3.04. The Morgan fingerprint density at radius 3 is 2.16 bits per heavy atom. The minimum atomic E-state index is -0.766. The van der Waals surface area contributed by atoms with Crippen LogP contribution in [0.1, 0.15) is 21.5 Å². The first-order valence-corrected chi connectivity index (χ1v) is 5.50. The van der Waals surface area contributed by atoms with Gasteiger partial charge in [-0.15, -0.1) is 0 Å². The molecular weight excluding hydrogens is 248 g/mol. The van der Waals surface area contributed by atoms with E-state index in [0.29, 0.717) is 0 Å². The van der Waals surface area contributed by atoms with Crippen LogP contribution >= 0.6 is 0 Å². The fourth-order valence-electron chi connectivity index (χ4n) is 1.73. The SMILES string of the molecule is Cc1ccc(O)c(C(=O)c2ccc(O)c(O)c2O)c1. The van der Waals surface area contributed by atoms with E-state index in [1.54, 1.807) is 13.0 Å². The lowest BCUT2D eigenvalue weighted by atomic mass is 9.99. The van der Waals surface area contributed by atoms with Gasteiger partial charge >= 0.3 is 0 Å². The first kappa shape index (κ1) is 12.8. The highest BCUT2D eigenvalue weighted by molar-refractivity contribution is 6.12. The van der Waals surface area contributed by atoms with Crippen molar-refractivity contribution in [2.45, 2.75) is 6.92 Å². The topological polar surface area (TPSA) is 98.0 Å². The van der Waals surface area contributed by atoms with E-state index in [1.165, 1.54) is 18.2 Å². The van der Waals surface area contributed by atoms with E-state index in [-0.39, 0.29) is 16.9 Å². The van der Waals surface area contributed by atoms with Gasteiger partial charge in [0.2, 0.25) is 11.5 Å². The molecule has 0 amide bonds. The van der Waals surface area contributed by atoms with Crippen LogP contribution in [0, 0.1) is 6.92 Å². The molecule has 5 nitrogen and oxygen atoms in total. The van der Waals surface area contributed by atoms with Gasteiger partial charge in [-0.2, -0.15) is 0 Å². The zero-order chi connectivity index (χ0) is 14.2. The molecule has 2 aromatic rings. The van der Waals surface area contributed by atoms with Crippen LogP contribution < -0.4 is 0 Å². The van der Waals surface area contributed by atoms with E-state index in [0.717, 1.165) is 11.6 Å². The number of phenolic OH excluding ortho intramolecular Hbond substituents is 4. The summed E-state index contributed by atoms with van der Waals surface area (Å²) in [5, 5.41) is 37.9. The van der Waals surface area contributed by atoms with Crippen molar-refractivity contribution in [3.63, 3.8) is 0 Å². The summed E-state index contributed by atoms with van der Waals surface area (Å²) in [5.41, 5.74) is 0.584. The van der Waals surface area contributed by atoms with E-state index in [2.05, 4.69) is 0 Å². The first-order valence-electron chi connectivity index (χ1n) is 5.50. The van der Waals surface area contributed by atoms with Crippen LogP contribution in [-0.4, -0.2) is 26.2 Å². The zero-order valence-corrected chi connectivity index (χ0v) is 10.1. The second-order valence-electron chi connectivity index (χ2n) is 4.18. The number of aromatic hydroxyl groups is 4. The summed E-state index contributed by atoms with van der Waals surface area (Å²) < 4.78 is 0. The predicted octanol–water partition coefficient (Wildman–Crippen LogP) is 2.05. The molecule has 0 bridgehead atoms. The van der Waals surface area contributed by atoms with E-state index in [4.69, 9.17) is 0 Å². The molecule has 0 saturated heterocycles. The Bertz CT molecular complexity index is 661. The Morgan fingerprint density at radius 2 is 1.47 bits per heavy atom. The maximum absolute atomic E-state index is 12.2. The molecule has 0 atom stereocenters. The standard InChI is InChI=1S/C14H12O5/c1-7-2-4-10(15)9(6-7)12(17)8-3-5-11(16)14(19)13(8)18/h2-6,15-16,18-19H,1H3. The number of aryl methyl sites for hydroxylation is 1. The molecule has 0 radical (unpaired) electrons. The molecule has 0 aromatic heterocycles. The average molecular weight is 260 g/mol. The van der Waals surface area contributed by atoms with Crippen molar-refractivity contribution in [1.29, 1.82) is 0 Å². The van der Waals surface area contributed by atoms with Gasteiger partial charge in [-0.3, -0.25) is 4.79 Å². The molecule has 0 fully saturated rings. The van der Waals surface area contributed by atoms with Crippen LogP contribution in [-0.2, 0) is 0 Å². The molecule has 0 unspecified atom stereocenters. The fourth-order valence-corrected chi connectivity index (χ4v) is 1.73. The smallest absolute Gasteiger partial charge is 0.201 e. The van der Waals surface area contributed by atoms with Gasteiger partial charge in [0.1, 0.15) is 5.75 Å². The Labute approximate surface area is 109 Å². The molecule has 98 valence electrons. The van der Waals surface area contributed by atoms with E-state index in [1.807, 2.05) is 0 Å². The molecule has 0 saturated carbocycles. The molecule has 2 rings (SSSR count). The van der Waals surface area contributed by atoms with Gasteiger partial charge in [0.05, 0.1) is 11.1 Å². The Hall–Kier alpha value is -2.69. The predicted molar refractivity (Wildman–Crippen MR) is 67.7 cm³/mol. The summed E-state index contributed by atoms with van der Waals surface area (Å²) in [6.07, 6.45) is 0. The monoisotopic (exact) mass is 260 g/mol. The fraction of sp³-hybridized carbons (Fsp3) is 0.0714. The zero-order valence-electron chi connectivity index (χ0n) is 10.1. The summed E-state index contributed by atoms with van der Waals surface area (Å²) in [5.74, 6) is -2.87. The number of carbonyl (C=O) groups excluding carboxylic acids is 1. The molecule has 0 spiro atoms. The summed E-state index contributed by atoms with van der Waals surface area (Å²) >= 11 is 0. The van der Waals surface area contributed by atoms with Crippen LogP contribution in [0.2, 0.25) is 0 Å². The van der Waals surface area contributed by atoms with Gasteiger partial charge in [0.15, 0.2) is 11.5 Å². The van der Waals surface area contributed by atoms with Gasteiger partial charge in [-0.1, -0.05) is 11.6 Å². The van der Waals surface area contributed by atoms with Gasteiger partial charge in [-0.25, -0.2) is 0 Å². The number of phenols is 4. The molecule has 5 heteroatoms.